The van der Waals surface area contributed by atoms with Crippen LogP contribution in [0.5, 0.6) is 11.5 Å². The van der Waals surface area contributed by atoms with Gasteiger partial charge in [0.2, 0.25) is 0 Å². The van der Waals surface area contributed by atoms with Gasteiger partial charge in [-0.25, -0.2) is 4.39 Å². The quantitative estimate of drug-likeness (QED) is 0.254. The molecule has 0 bridgehead atoms. The second kappa shape index (κ2) is 9.89. The zero-order valence-corrected chi connectivity index (χ0v) is 15.4. The Morgan fingerprint density at radius 3 is 2.39 bits per heavy atom. The molecule has 8 heteroatoms. The van der Waals surface area contributed by atoms with Crippen molar-refractivity contribution in [1.29, 1.82) is 0 Å². The highest BCUT2D eigenvalue weighted by Crippen LogP contribution is 2.41. The molecule has 156 valence electrons. The summed E-state index contributed by atoms with van der Waals surface area (Å²) in [4.78, 5) is 0. The van der Waals surface area contributed by atoms with Crippen LogP contribution in [0.25, 0.3) is 0 Å². The Bertz CT molecular complexity index is 705. The molecule has 1 aromatic carbocycles. The van der Waals surface area contributed by atoms with E-state index >= 15 is 0 Å². The molecule has 2 rings (SSSR count). The Labute approximate surface area is 159 Å². The highest BCUT2D eigenvalue weighted by molar-refractivity contribution is 5.34. The molecule has 28 heavy (non-hydrogen) atoms. The third-order valence-electron chi connectivity index (χ3n) is 4.80. The monoisotopic (exact) mass is 408 g/mol. The van der Waals surface area contributed by atoms with Crippen molar-refractivity contribution in [1.82, 2.24) is 0 Å². The molecule has 2 nitrogen and oxygen atoms in total. The third-order valence-corrected chi connectivity index (χ3v) is 4.80. The van der Waals surface area contributed by atoms with E-state index in [0.29, 0.717) is 37.7 Å². The standard InChI is InChI=1S/C20H22F6O2/c1-2-3-4-5-13-6-8-14(9-7-13)20(25,26)28-15-10-11-17(16(21)12-15)27-19(24)18(22)23/h2-3,10-14H,4-9H2,1H3/b3-2+. The van der Waals surface area contributed by atoms with Gasteiger partial charge in [0.05, 0.1) is 5.92 Å². The van der Waals surface area contributed by atoms with Crippen LogP contribution in [-0.4, -0.2) is 6.11 Å². The minimum absolute atomic E-state index is 0.295. The van der Waals surface area contributed by atoms with Gasteiger partial charge in [-0.15, -0.1) is 0 Å². The number of alkyl halides is 2. The topological polar surface area (TPSA) is 18.5 Å². The van der Waals surface area contributed by atoms with Crippen LogP contribution in [0.4, 0.5) is 26.3 Å². The Hall–Kier alpha value is -2.12. The fourth-order valence-electron chi connectivity index (χ4n) is 3.29. The van der Waals surface area contributed by atoms with E-state index in [1.165, 1.54) is 0 Å². The summed E-state index contributed by atoms with van der Waals surface area (Å²) < 4.78 is 88.0. The molecule has 0 heterocycles. The van der Waals surface area contributed by atoms with E-state index in [2.05, 4.69) is 15.5 Å². The number of halogens is 6. The van der Waals surface area contributed by atoms with Crippen molar-refractivity contribution in [3.8, 4) is 11.5 Å². The summed E-state index contributed by atoms with van der Waals surface area (Å²) >= 11 is 0. The molecule has 1 aliphatic carbocycles. The Morgan fingerprint density at radius 2 is 1.82 bits per heavy atom. The summed E-state index contributed by atoms with van der Waals surface area (Å²) in [5, 5.41) is 0. The van der Waals surface area contributed by atoms with E-state index < -0.39 is 41.4 Å². The number of hydrogen-bond acceptors (Lipinski definition) is 2. The summed E-state index contributed by atoms with van der Waals surface area (Å²) in [7, 11) is 0. The number of ether oxygens (including phenoxy) is 2. The van der Waals surface area contributed by atoms with E-state index in [0.717, 1.165) is 25.0 Å². The number of rotatable bonds is 8. The van der Waals surface area contributed by atoms with Crippen LogP contribution < -0.4 is 9.47 Å². The zero-order chi connectivity index (χ0) is 20.7. The lowest BCUT2D eigenvalue weighted by Crippen LogP contribution is -2.37. The maximum absolute atomic E-state index is 14.4. The van der Waals surface area contributed by atoms with Gasteiger partial charge in [-0.05, 0) is 63.5 Å². The highest BCUT2D eigenvalue weighted by Gasteiger charge is 2.44. The predicted molar refractivity (Wildman–Crippen MR) is 92.4 cm³/mol. The second-order valence-electron chi connectivity index (χ2n) is 6.76. The third kappa shape index (κ3) is 6.21. The number of hydrogen-bond donors (Lipinski definition) is 0. The van der Waals surface area contributed by atoms with E-state index in [9.17, 15) is 26.3 Å². The first-order chi connectivity index (χ1) is 13.2. The summed E-state index contributed by atoms with van der Waals surface area (Å²) in [6, 6.07) is -0.0426. The molecular formula is C20H22F6O2. The Morgan fingerprint density at radius 1 is 1.14 bits per heavy atom. The molecule has 0 N–H and O–H groups in total. The van der Waals surface area contributed by atoms with Crippen LogP contribution in [0, 0.1) is 17.7 Å². The van der Waals surface area contributed by atoms with Crippen LogP contribution >= 0.6 is 0 Å². The van der Waals surface area contributed by atoms with Crippen molar-refractivity contribution in [2.24, 2.45) is 11.8 Å². The average Bonchev–Trinajstić information content (AvgIpc) is 2.64. The molecule has 0 aliphatic heterocycles. The molecular weight excluding hydrogens is 386 g/mol. The zero-order valence-electron chi connectivity index (χ0n) is 15.4. The van der Waals surface area contributed by atoms with Gasteiger partial charge in [-0.1, -0.05) is 12.2 Å². The van der Waals surface area contributed by atoms with Crippen molar-refractivity contribution in [3.63, 3.8) is 0 Å². The van der Waals surface area contributed by atoms with Crippen LogP contribution in [0.1, 0.15) is 45.4 Å². The summed E-state index contributed by atoms with van der Waals surface area (Å²) in [5.41, 5.74) is 0. The maximum Gasteiger partial charge on any atom is 0.400 e. The molecule has 0 aromatic heterocycles. The molecule has 0 atom stereocenters. The lowest BCUT2D eigenvalue weighted by atomic mass is 9.79. The molecule has 1 aliphatic rings. The van der Waals surface area contributed by atoms with Crippen molar-refractivity contribution in [2.75, 3.05) is 0 Å². The molecule has 1 saturated carbocycles. The van der Waals surface area contributed by atoms with Crippen LogP contribution in [0.3, 0.4) is 0 Å². The summed E-state index contributed by atoms with van der Waals surface area (Å²) in [6.07, 6.45) is 1.57. The minimum atomic E-state index is -3.50. The number of benzene rings is 1. The lowest BCUT2D eigenvalue weighted by molar-refractivity contribution is -0.223. The Kier molecular flexibility index (Phi) is 7.83. The largest absolute Gasteiger partial charge is 0.432 e. The normalized spacial score (nSPS) is 20.2. The van der Waals surface area contributed by atoms with E-state index in [-0.39, 0.29) is 0 Å². The maximum atomic E-state index is 14.4. The molecule has 0 radical (unpaired) electrons. The number of allylic oxidation sites excluding steroid dienone is 2. The van der Waals surface area contributed by atoms with Crippen molar-refractivity contribution in [3.05, 3.63) is 48.3 Å². The van der Waals surface area contributed by atoms with Gasteiger partial charge in [0, 0.05) is 6.07 Å². The van der Waals surface area contributed by atoms with Gasteiger partial charge in [-0.2, -0.15) is 22.0 Å². The van der Waals surface area contributed by atoms with Gasteiger partial charge in [0.15, 0.2) is 11.6 Å². The first-order valence-corrected chi connectivity index (χ1v) is 9.09. The highest BCUT2D eigenvalue weighted by atomic mass is 19.3. The molecule has 1 fully saturated rings. The van der Waals surface area contributed by atoms with E-state index in [4.69, 9.17) is 0 Å². The van der Waals surface area contributed by atoms with Crippen molar-refractivity contribution in [2.45, 2.75) is 51.6 Å². The molecule has 0 unspecified atom stereocenters. The Balaban J connectivity index is 1.95. The van der Waals surface area contributed by atoms with Gasteiger partial charge >= 0.3 is 18.2 Å². The molecule has 1 aromatic rings. The minimum Gasteiger partial charge on any atom is -0.432 e. The van der Waals surface area contributed by atoms with Crippen molar-refractivity contribution < 1.29 is 35.8 Å². The molecule has 0 spiro atoms. The summed E-state index contributed by atoms with van der Waals surface area (Å²) in [5.74, 6) is -3.24. The van der Waals surface area contributed by atoms with E-state index in [1.807, 2.05) is 13.0 Å². The first-order valence-electron chi connectivity index (χ1n) is 9.09. The fourth-order valence-corrected chi connectivity index (χ4v) is 3.29. The lowest BCUT2D eigenvalue weighted by Gasteiger charge is -2.33. The van der Waals surface area contributed by atoms with Crippen LogP contribution in [-0.2, 0) is 0 Å². The van der Waals surface area contributed by atoms with Gasteiger partial charge < -0.3 is 9.47 Å². The second-order valence-corrected chi connectivity index (χ2v) is 6.76. The smallest absolute Gasteiger partial charge is 0.400 e. The predicted octanol–water partition coefficient (Wildman–Crippen LogP) is 7.37. The first kappa shape index (κ1) is 22.2. The molecule has 0 amide bonds. The van der Waals surface area contributed by atoms with Crippen LogP contribution in [0.2, 0.25) is 0 Å². The fraction of sp³-hybridized carbons (Fsp3) is 0.500. The van der Waals surface area contributed by atoms with Gasteiger partial charge in [-0.3, -0.25) is 0 Å². The SMILES string of the molecule is C/C=C/CCC1CCC(C(F)(F)Oc2ccc(OC(F)=C(F)F)c(F)c2)CC1. The molecule has 0 saturated heterocycles. The van der Waals surface area contributed by atoms with Crippen molar-refractivity contribution >= 4 is 0 Å². The van der Waals surface area contributed by atoms with Gasteiger partial charge in [0.25, 0.3) is 0 Å². The summed E-state index contributed by atoms with van der Waals surface area (Å²) in [6.45, 7) is 1.93. The van der Waals surface area contributed by atoms with Crippen LogP contribution in [0.15, 0.2) is 42.4 Å². The average molecular weight is 408 g/mol. The van der Waals surface area contributed by atoms with Gasteiger partial charge in [0.1, 0.15) is 5.75 Å². The van der Waals surface area contributed by atoms with E-state index in [1.54, 1.807) is 0 Å².